The van der Waals surface area contributed by atoms with Gasteiger partial charge in [0.1, 0.15) is 5.82 Å². The molecule has 2 rings (SSSR count). The van der Waals surface area contributed by atoms with Crippen molar-refractivity contribution < 1.29 is 4.79 Å². The summed E-state index contributed by atoms with van der Waals surface area (Å²) in [5.41, 5.74) is 0.781. The maximum atomic E-state index is 11.5. The van der Waals surface area contributed by atoms with Crippen molar-refractivity contribution in [2.45, 2.75) is 6.42 Å². The lowest BCUT2D eigenvalue weighted by atomic mass is 10.3. The van der Waals surface area contributed by atoms with Gasteiger partial charge in [-0.05, 0) is 18.2 Å². The van der Waals surface area contributed by atoms with Gasteiger partial charge in [-0.2, -0.15) is 5.10 Å². The van der Waals surface area contributed by atoms with E-state index in [1.165, 1.54) is 0 Å². The van der Waals surface area contributed by atoms with E-state index >= 15 is 0 Å². The number of H-pyrrole nitrogens is 1. The molecule has 0 radical (unpaired) electrons. The van der Waals surface area contributed by atoms with Gasteiger partial charge < -0.3 is 5.32 Å². The summed E-state index contributed by atoms with van der Waals surface area (Å²) in [5.74, 6) is 0.444. The first-order chi connectivity index (χ1) is 7.34. The number of hydrogen-bond acceptors (Lipinski definition) is 3. The molecular formula is C10H10N4O. The summed E-state index contributed by atoms with van der Waals surface area (Å²) in [5, 5.41) is 9.17. The van der Waals surface area contributed by atoms with Gasteiger partial charge in [0, 0.05) is 18.1 Å². The summed E-state index contributed by atoms with van der Waals surface area (Å²) in [7, 11) is 0. The number of aromatic amines is 1. The zero-order chi connectivity index (χ0) is 10.5. The van der Waals surface area contributed by atoms with Crippen LogP contribution < -0.4 is 5.32 Å². The molecule has 0 spiro atoms. The number of carbonyl (C=O) groups is 1. The van der Waals surface area contributed by atoms with Gasteiger partial charge in [-0.3, -0.25) is 9.89 Å². The molecule has 0 fully saturated rings. The molecule has 0 bridgehead atoms. The molecule has 5 heteroatoms. The monoisotopic (exact) mass is 202 g/mol. The molecule has 0 aliphatic heterocycles. The third-order valence-electron chi connectivity index (χ3n) is 1.84. The third kappa shape index (κ3) is 2.63. The van der Waals surface area contributed by atoms with E-state index in [1.807, 2.05) is 6.07 Å². The molecule has 0 aliphatic carbocycles. The number of aromatic nitrogens is 3. The van der Waals surface area contributed by atoms with Gasteiger partial charge in [-0.1, -0.05) is 6.07 Å². The van der Waals surface area contributed by atoms with E-state index in [0.29, 0.717) is 5.82 Å². The van der Waals surface area contributed by atoms with Crippen LogP contribution in [0.1, 0.15) is 5.69 Å². The van der Waals surface area contributed by atoms with E-state index < -0.39 is 0 Å². The molecular weight excluding hydrogens is 192 g/mol. The van der Waals surface area contributed by atoms with Crippen molar-refractivity contribution in [2.75, 3.05) is 5.32 Å². The minimum atomic E-state index is -0.113. The summed E-state index contributed by atoms with van der Waals surface area (Å²) >= 11 is 0. The molecule has 1 amide bonds. The molecule has 0 saturated carbocycles. The van der Waals surface area contributed by atoms with Crippen molar-refractivity contribution in [1.82, 2.24) is 15.2 Å². The third-order valence-corrected chi connectivity index (χ3v) is 1.84. The van der Waals surface area contributed by atoms with Crippen LogP contribution in [0.2, 0.25) is 0 Å². The van der Waals surface area contributed by atoms with Crippen molar-refractivity contribution in [2.24, 2.45) is 0 Å². The Bertz CT molecular complexity index is 424. The van der Waals surface area contributed by atoms with Crippen LogP contribution in [0.3, 0.4) is 0 Å². The van der Waals surface area contributed by atoms with Crippen LogP contribution >= 0.6 is 0 Å². The number of pyridine rings is 1. The normalized spacial score (nSPS) is 9.87. The van der Waals surface area contributed by atoms with Gasteiger partial charge in [0.25, 0.3) is 0 Å². The number of amides is 1. The zero-order valence-corrected chi connectivity index (χ0v) is 7.97. The fourth-order valence-electron chi connectivity index (χ4n) is 1.18. The Morgan fingerprint density at radius 2 is 2.27 bits per heavy atom. The number of nitrogens with one attached hydrogen (secondary N) is 2. The van der Waals surface area contributed by atoms with E-state index in [2.05, 4.69) is 20.5 Å². The molecule has 0 unspecified atom stereocenters. The van der Waals surface area contributed by atoms with Crippen LogP contribution in [0.25, 0.3) is 0 Å². The van der Waals surface area contributed by atoms with Gasteiger partial charge in [-0.25, -0.2) is 4.98 Å². The predicted octanol–water partition coefficient (Wildman–Crippen LogP) is 0.986. The lowest BCUT2D eigenvalue weighted by Gasteiger charge is -2.01. The van der Waals surface area contributed by atoms with Crippen molar-refractivity contribution in [3.05, 3.63) is 42.4 Å². The summed E-state index contributed by atoms with van der Waals surface area (Å²) in [4.78, 5) is 15.5. The quantitative estimate of drug-likeness (QED) is 0.779. The second kappa shape index (κ2) is 4.36. The highest BCUT2D eigenvalue weighted by Crippen LogP contribution is 2.01. The molecule has 0 aromatic carbocycles. The topological polar surface area (TPSA) is 70.7 Å². The van der Waals surface area contributed by atoms with Gasteiger partial charge in [0.05, 0.1) is 6.42 Å². The molecule has 2 aromatic rings. The van der Waals surface area contributed by atoms with E-state index in [9.17, 15) is 4.79 Å². The smallest absolute Gasteiger partial charge is 0.231 e. The van der Waals surface area contributed by atoms with Gasteiger partial charge in [0.15, 0.2) is 0 Å². The second-order valence-electron chi connectivity index (χ2n) is 3.02. The zero-order valence-electron chi connectivity index (χ0n) is 7.97. The van der Waals surface area contributed by atoms with Crippen LogP contribution in [-0.2, 0) is 11.2 Å². The fourth-order valence-corrected chi connectivity index (χ4v) is 1.18. The van der Waals surface area contributed by atoms with Gasteiger partial charge in [0.2, 0.25) is 5.91 Å². The minimum absolute atomic E-state index is 0.113. The highest BCUT2D eigenvalue weighted by Gasteiger charge is 2.04. The van der Waals surface area contributed by atoms with Crippen molar-refractivity contribution in [1.29, 1.82) is 0 Å². The molecule has 15 heavy (non-hydrogen) atoms. The maximum Gasteiger partial charge on any atom is 0.231 e. The summed E-state index contributed by atoms with van der Waals surface area (Å²) in [6, 6.07) is 7.12. The first-order valence-electron chi connectivity index (χ1n) is 4.54. The van der Waals surface area contributed by atoms with Gasteiger partial charge in [-0.15, -0.1) is 0 Å². The van der Waals surface area contributed by atoms with E-state index in [4.69, 9.17) is 0 Å². The predicted molar refractivity (Wildman–Crippen MR) is 55.2 cm³/mol. The summed E-state index contributed by atoms with van der Waals surface area (Å²) < 4.78 is 0. The SMILES string of the molecule is O=C(Cc1ccn[nH]1)Nc1ccccn1. The average molecular weight is 202 g/mol. The standard InChI is InChI=1S/C10H10N4O/c15-10(7-8-4-6-12-14-8)13-9-3-1-2-5-11-9/h1-6H,7H2,(H,12,14)(H,11,13,15). The Labute approximate surface area is 86.5 Å². The molecule has 2 N–H and O–H groups in total. The van der Waals surface area contributed by atoms with Crippen LogP contribution in [0.5, 0.6) is 0 Å². The molecule has 0 atom stereocenters. The number of hydrogen-bond donors (Lipinski definition) is 2. The second-order valence-corrected chi connectivity index (χ2v) is 3.02. The highest BCUT2D eigenvalue weighted by atomic mass is 16.1. The first kappa shape index (κ1) is 9.39. The lowest BCUT2D eigenvalue weighted by Crippen LogP contribution is -2.15. The van der Waals surface area contributed by atoms with Crippen LogP contribution in [0, 0.1) is 0 Å². The van der Waals surface area contributed by atoms with Crippen molar-refractivity contribution in [3.63, 3.8) is 0 Å². The minimum Gasteiger partial charge on any atom is -0.310 e. The first-order valence-corrected chi connectivity index (χ1v) is 4.54. The number of rotatable bonds is 3. The Kier molecular flexibility index (Phi) is 2.73. The molecule has 2 heterocycles. The van der Waals surface area contributed by atoms with Crippen molar-refractivity contribution >= 4 is 11.7 Å². The largest absolute Gasteiger partial charge is 0.310 e. The molecule has 5 nitrogen and oxygen atoms in total. The summed E-state index contributed by atoms with van der Waals surface area (Å²) in [6.07, 6.45) is 3.52. The van der Waals surface area contributed by atoms with E-state index in [0.717, 1.165) is 5.69 Å². The van der Waals surface area contributed by atoms with Crippen LogP contribution in [0.4, 0.5) is 5.82 Å². The number of anilines is 1. The van der Waals surface area contributed by atoms with Crippen molar-refractivity contribution in [3.8, 4) is 0 Å². The highest BCUT2D eigenvalue weighted by molar-refractivity contribution is 5.91. The van der Waals surface area contributed by atoms with E-state index in [-0.39, 0.29) is 12.3 Å². The number of nitrogens with zero attached hydrogens (tertiary/aromatic N) is 2. The Morgan fingerprint density at radius 3 is 2.93 bits per heavy atom. The summed E-state index contributed by atoms with van der Waals surface area (Å²) in [6.45, 7) is 0. The average Bonchev–Trinajstić information content (AvgIpc) is 2.71. The molecule has 76 valence electrons. The molecule has 0 saturated heterocycles. The van der Waals surface area contributed by atoms with Crippen LogP contribution in [0.15, 0.2) is 36.7 Å². The van der Waals surface area contributed by atoms with Gasteiger partial charge >= 0.3 is 0 Å². The van der Waals surface area contributed by atoms with Crippen LogP contribution in [-0.4, -0.2) is 21.1 Å². The Balaban J connectivity index is 1.94. The number of carbonyl (C=O) groups excluding carboxylic acids is 1. The lowest BCUT2D eigenvalue weighted by molar-refractivity contribution is -0.115. The van der Waals surface area contributed by atoms with E-state index in [1.54, 1.807) is 30.6 Å². The maximum absolute atomic E-state index is 11.5. The Morgan fingerprint density at radius 1 is 1.33 bits per heavy atom. The molecule has 2 aromatic heterocycles. The fraction of sp³-hybridized carbons (Fsp3) is 0.100. The Hall–Kier alpha value is -2.17. The molecule has 0 aliphatic rings.